The van der Waals surface area contributed by atoms with Crippen molar-refractivity contribution in [2.75, 3.05) is 0 Å². The van der Waals surface area contributed by atoms with E-state index >= 15 is 0 Å². The Hall–Kier alpha value is -0.120. The van der Waals surface area contributed by atoms with E-state index in [0.29, 0.717) is 0 Å². The molecule has 1 atom stereocenters. The number of hydrogen-bond acceptors (Lipinski definition) is 1. The van der Waals surface area contributed by atoms with E-state index in [9.17, 15) is 0 Å². The normalized spacial score (nSPS) is 13.5. The van der Waals surface area contributed by atoms with Crippen LogP contribution in [0.5, 0.6) is 0 Å². The van der Waals surface area contributed by atoms with Gasteiger partial charge in [-0.15, -0.1) is 11.3 Å². The first-order valence-corrected chi connectivity index (χ1v) is 9.01. The predicted molar refractivity (Wildman–Crippen MR) is 92.5 cm³/mol. The van der Waals surface area contributed by atoms with E-state index in [1.165, 1.54) is 20.5 Å². The molecule has 1 heterocycles. The van der Waals surface area contributed by atoms with Gasteiger partial charge in [-0.3, -0.25) is 0 Å². The summed E-state index contributed by atoms with van der Waals surface area (Å²) in [6.45, 7) is 6.83. The molecular weight excluding hydrogens is 384 g/mol. The van der Waals surface area contributed by atoms with Crippen molar-refractivity contribution in [3.63, 3.8) is 0 Å². The van der Waals surface area contributed by atoms with E-state index in [4.69, 9.17) is 0 Å². The highest BCUT2D eigenvalue weighted by atomic mass is 79.9. The van der Waals surface area contributed by atoms with Crippen molar-refractivity contribution >= 4 is 43.2 Å². The summed E-state index contributed by atoms with van der Waals surface area (Å²) in [6.07, 6.45) is 1.15. The van der Waals surface area contributed by atoms with Gasteiger partial charge in [0.1, 0.15) is 0 Å². The van der Waals surface area contributed by atoms with Crippen LogP contribution in [0.1, 0.15) is 48.7 Å². The van der Waals surface area contributed by atoms with Gasteiger partial charge in [0.25, 0.3) is 0 Å². The van der Waals surface area contributed by atoms with Gasteiger partial charge < -0.3 is 0 Å². The summed E-state index contributed by atoms with van der Waals surface area (Å²) in [7, 11) is 0. The Morgan fingerprint density at radius 1 is 1.16 bits per heavy atom. The van der Waals surface area contributed by atoms with Crippen LogP contribution in [0, 0.1) is 0 Å². The summed E-state index contributed by atoms with van der Waals surface area (Å²) < 4.78 is 1.18. The zero-order valence-corrected chi connectivity index (χ0v) is 15.4. The Morgan fingerprint density at radius 3 is 2.26 bits per heavy atom. The average Bonchev–Trinajstić information content (AvgIpc) is 2.85. The van der Waals surface area contributed by atoms with Gasteiger partial charge >= 0.3 is 0 Å². The molecule has 1 unspecified atom stereocenters. The summed E-state index contributed by atoms with van der Waals surface area (Å²) in [4.78, 5) is 0.272. The largest absolute Gasteiger partial charge is 0.136 e. The van der Waals surface area contributed by atoms with Crippen molar-refractivity contribution < 1.29 is 0 Å². The van der Waals surface area contributed by atoms with Gasteiger partial charge in [0.05, 0.1) is 8.61 Å². The van der Waals surface area contributed by atoms with Crippen LogP contribution in [-0.2, 0) is 5.41 Å². The molecule has 2 aromatic rings. The fourth-order valence-electron chi connectivity index (χ4n) is 1.96. The van der Waals surface area contributed by atoms with E-state index in [1.54, 1.807) is 11.3 Å². The minimum atomic E-state index is 0.256. The third-order valence-electron chi connectivity index (χ3n) is 3.75. The maximum Gasteiger partial charge on any atom is 0.0701 e. The number of alkyl halides is 1. The third kappa shape index (κ3) is 3.50. The summed E-state index contributed by atoms with van der Waals surface area (Å²) >= 11 is 9.03. The van der Waals surface area contributed by atoms with Crippen molar-refractivity contribution in [2.24, 2.45) is 0 Å². The van der Waals surface area contributed by atoms with Crippen molar-refractivity contribution in [1.29, 1.82) is 0 Å². The third-order valence-corrected chi connectivity index (χ3v) is 6.33. The molecule has 0 amide bonds. The molecule has 0 radical (unpaired) electrons. The van der Waals surface area contributed by atoms with Gasteiger partial charge in [0.15, 0.2) is 0 Å². The number of halogens is 2. The average molecular weight is 402 g/mol. The minimum absolute atomic E-state index is 0.256. The standard InChI is InChI=1S/C16H18Br2S/c1-4-16(2,3)13-7-5-11(6-8-13)15(18)12-9-14(17)19-10-12/h5-10,15H,4H2,1-3H3. The highest BCUT2D eigenvalue weighted by Gasteiger charge is 2.18. The molecule has 0 spiro atoms. The van der Waals surface area contributed by atoms with Crippen LogP contribution in [0.2, 0.25) is 0 Å². The molecule has 1 aromatic carbocycles. The smallest absolute Gasteiger partial charge is 0.0701 e. The first-order chi connectivity index (χ1) is 8.94. The molecule has 102 valence electrons. The van der Waals surface area contributed by atoms with Gasteiger partial charge in [-0.25, -0.2) is 0 Å². The van der Waals surface area contributed by atoms with E-state index in [-0.39, 0.29) is 10.2 Å². The van der Waals surface area contributed by atoms with Crippen LogP contribution in [0.15, 0.2) is 39.5 Å². The van der Waals surface area contributed by atoms with E-state index < -0.39 is 0 Å². The quantitative estimate of drug-likeness (QED) is 0.501. The van der Waals surface area contributed by atoms with Crippen LogP contribution in [0.4, 0.5) is 0 Å². The predicted octanol–water partition coefficient (Wildman–Crippen LogP) is 6.68. The Morgan fingerprint density at radius 2 is 1.79 bits per heavy atom. The van der Waals surface area contributed by atoms with Crippen LogP contribution >= 0.6 is 43.2 Å². The maximum atomic E-state index is 3.79. The zero-order valence-electron chi connectivity index (χ0n) is 11.4. The molecule has 0 nitrogen and oxygen atoms in total. The molecule has 0 fully saturated rings. The molecule has 0 saturated heterocycles. The van der Waals surface area contributed by atoms with Crippen LogP contribution < -0.4 is 0 Å². The maximum absolute atomic E-state index is 3.79. The lowest BCUT2D eigenvalue weighted by Gasteiger charge is -2.23. The van der Waals surface area contributed by atoms with Gasteiger partial charge in [0, 0.05) is 0 Å². The zero-order chi connectivity index (χ0) is 14.0. The number of hydrogen-bond donors (Lipinski definition) is 0. The Kier molecular flexibility index (Phi) is 4.91. The molecular formula is C16H18Br2S. The molecule has 0 aliphatic carbocycles. The van der Waals surface area contributed by atoms with Gasteiger partial charge in [0.2, 0.25) is 0 Å². The molecule has 1 aromatic heterocycles. The van der Waals surface area contributed by atoms with Crippen molar-refractivity contribution in [1.82, 2.24) is 0 Å². The molecule has 3 heteroatoms. The van der Waals surface area contributed by atoms with Crippen LogP contribution in [-0.4, -0.2) is 0 Å². The van der Waals surface area contributed by atoms with Crippen LogP contribution in [0.25, 0.3) is 0 Å². The second-order valence-electron chi connectivity index (χ2n) is 5.41. The summed E-state index contributed by atoms with van der Waals surface area (Å²) in [5, 5.41) is 2.19. The first kappa shape index (κ1) is 15.3. The van der Waals surface area contributed by atoms with E-state index in [2.05, 4.69) is 88.3 Å². The van der Waals surface area contributed by atoms with E-state index in [0.717, 1.165) is 6.42 Å². The number of thiophene rings is 1. The second kappa shape index (κ2) is 6.11. The summed E-state index contributed by atoms with van der Waals surface area (Å²) in [5.74, 6) is 0. The molecule has 0 aliphatic heterocycles. The molecule has 0 saturated carbocycles. The van der Waals surface area contributed by atoms with Gasteiger partial charge in [-0.05, 0) is 55.9 Å². The Bertz CT molecular complexity index is 540. The molecule has 2 rings (SSSR count). The SMILES string of the molecule is CCC(C)(C)c1ccc(C(Br)c2csc(Br)c2)cc1. The van der Waals surface area contributed by atoms with Crippen LogP contribution in [0.3, 0.4) is 0 Å². The highest BCUT2D eigenvalue weighted by molar-refractivity contribution is 9.11. The van der Waals surface area contributed by atoms with E-state index in [1.807, 2.05) is 0 Å². The second-order valence-corrected chi connectivity index (χ2v) is 8.61. The lowest BCUT2D eigenvalue weighted by molar-refractivity contribution is 0.506. The van der Waals surface area contributed by atoms with Gasteiger partial charge in [-0.1, -0.05) is 61.0 Å². The monoisotopic (exact) mass is 400 g/mol. The lowest BCUT2D eigenvalue weighted by Crippen LogP contribution is -2.15. The fraction of sp³-hybridized carbons (Fsp3) is 0.375. The Labute approximate surface area is 136 Å². The van der Waals surface area contributed by atoms with Gasteiger partial charge in [-0.2, -0.15) is 0 Å². The first-order valence-electron chi connectivity index (χ1n) is 6.42. The number of rotatable bonds is 4. The molecule has 0 N–H and O–H groups in total. The topological polar surface area (TPSA) is 0 Å². The fourth-order valence-corrected chi connectivity index (χ4v) is 3.90. The summed E-state index contributed by atoms with van der Waals surface area (Å²) in [6, 6.07) is 11.2. The highest BCUT2D eigenvalue weighted by Crippen LogP contribution is 2.36. The molecule has 0 aliphatic rings. The van der Waals surface area contributed by atoms with Crippen molar-refractivity contribution in [3.05, 3.63) is 56.2 Å². The lowest BCUT2D eigenvalue weighted by atomic mass is 9.82. The molecule has 19 heavy (non-hydrogen) atoms. The number of benzene rings is 1. The summed E-state index contributed by atoms with van der Waals surface area (Å²) in [5.41, 5.74) is 4.27. The van der Waals surface area contributed by atoms with Crippen molar-refractivity contribution in [2.45, 2.75) is 37.4 Å². The van der Waals surface area contributed by atoms with Crippen molar-refractivity contribution in [3.8, 4) is 0 Å². The minimum Gasteiger partial charge on any atom is -0.136 e. The molecule has 0 bridgehead atoms. The Balaban J connectivity index is 2.23.